The fourth-order valence-corrected chi connectivity index (χ4v) is 1.82. The van der Waals surface area contributed by atoms with Crippen LogP contribution in [0.2, 0.25) is 0 Å². The Hall–Kier alpha value is -2.11. The van der Waals surface area contributed by atoms with Gasteiger partial charge in [-0.2, -0.15) is 4.98 Å². The van der Waals surface area contributed by atoms with Crippen LogP contribution in [0.15, 0.2) is 12.3 Å². The van der Waals surface area contributed by atoms with Gasteiger partial charge in [-0.05, 0) is 12.8 Å². The molecular formula is C13H20N6. The highest BCUT2D eigenvalue weighted by Crippen LogP contribution is 2.19. The highest BCUT2D eigenvalue weighted by Gasteiger charge is 2.11. The van der Waals surface area contributed by atoms with Crippen LogP contribution in [0.3, 0.4) is 0 Å². The van der Waals surface area contributed by atoms with Gasteiger partial charge < -0.3 is 15.6 Å². The zero-order valence-electron chi connectivity index (χ0n) is 11.8. The summed E-state index contributed by atoms with van der Waals surface area (Å²) in [6.45, 7) is 6.81. The molecule has 0 bridgehead atoms. The summed E-state index contributed by atoms with van der Waals surface area (Å²) in [7, 11) is 1.96. The smallest absolute Gasteiger partial charge is 0.222 e. The van der Waals surface area contributed by atoms with E-state index in [1.807, 2.05) is 31.1 Å². The molecule has 0 aromatic carbocycles. The molecule has 0 fully saturated rings. The average Bonchev–Trinajstić information content (AvgIpc) is 2.73. The molecule has 2 aromatic rings. The van der Waals surface area contributed by atoms with Gasteiger partial charge in [0.2, 0.25) is 5.95 Å². The second-order valence-corrected chi connectivity index (χ2v) is 5.03. The highest BCUT2D eigenvalue weighted by molar-refractivity contribution is 5.43. The maximum atomic E-state index is 5.76. The third kappa shape index (κ3) is 3.21. The van der Waals surface area contributed by atoms with Crippen LogP contribution in [0.1, 0.15) is 37.0 Å². The van der Waals surface area contributed by atoms with Crippen molar-refractivity contribution in [3.05, 3.63) is 29.5 Å². The van der Waals surface area contributed by atoms with Gasteiger partial charge in [0.05, 0.1) is 12.2 Å². The number of anilines is 2. The van der Waals surface area contributed by atoms with Crippen LogP contribution in [0.25, 0.3) is 0 Å². The molecule has 0 saturated carbocycles. The van der Waals surface area contributed by atoms with Gasteiger partial charge in [-0.3, -0.25) is 0 Å². The Morgan fingerprint density at radius 3 is 2.68 bits per heavy atom. The van der Waals surface area contributed by atoms with E-state index in [0.717, 1.165) is 23.0 Å². The van der Waals surface area contributed by atoms with E-state index < -0.39 is 0 Å². The molecule has 0 aliphatic rings. The summed E-state index contributed by atoms with van der Waals surface area (Å²) in [4.78, 5) is 18.0. The maximum Gasteiger partial charge on any atom is 0.222 e. The van der Waals surface area contributed by atoms with Crippen molar-refractivity contribution in [2.24, 2.45) is 0 Å². The number of imidazole rings is 1. The van der Waals surface area contributed by atoms with Crippen molar-refractivity contribution in [1.82, 2.24) is 19.9 Å². The summed E-state index contributed by atoms with van der Waals surface area (Å²) in [6.07, 6.45) is 1.82. The zero-order valence-corrected chi connectivity index (χ0v) is 11.8. The fourth-order valence-electron chi connectivity index (χ4n) is 1.82. The molecule has 0 aliphatic carbocycles. The number of hydrogen-bond acceptors (Lipinski definition) is 5. The van der Waals surface area contributed by atoms with Gasteiger partial charge in [-0.15, -0.1) is 0 Å². The molecule has 0 aliphatic heterocycles. The van der Waals surface area contributed by atoms with E-state index in [1.54, 1.807) is 0 Å². The number of nitrogen functional groups attached to an aromatic ring is 1. The lowest BCUT2D eigenvalue weighted by Gasteiger charge is -2.18. The van der Waals surface area contributed by atoms with E-state index in [4.69, 9.17) is 5.73 Å². The van der Waals surface area contributed by atoms with E-state index >= 15 is 0 Å². The molecule has 0 spiro atoms. The summed E-state index contributed by atoms with van der Waals surface area (Å²) >= 11 is 0. The molecule has 0 radical (unpaired) electrons. The number of nitrogens with one attached hydrogen (secondary N) is 1. The molecule has 2 heterocycles. The molecule has 0 unspecified atom stereocenters. The molecule has 6 nitrogen and oxygen atoms in total. The Balaban J connectivity index is 2.20. The first-order chi connectivity index (χ1) is 8.95. The highest BCUT2D eigenvalue weighted by atomic mass is 15.2. The number of H-pyrrole nitrogens is 1. The molecule has 2 aromatic heterocycles. The predicted molar refractivity (Wildman–Crippen MR) is 76.0 cm³/mol. The fraction of sp³-hybridized carbons (Fsp3) is 0.462. The van der Waals surface area contributed by atoms with E-state index in [-0.39, 0.29) is 0 Å². The third-order valence-electron chi connectivity index (χ3n) is 2.87. The monoisotopic (exact) mass is 260 g/mol. The van der Waals surface area contributed by atoms with Crippen molar-refractivity contribution in [2.75, 3.05) is 17.7 Å². The van der Waals surface area contributed by atoms with Crippen molar-refractivity contribution in [2.45, 2.75) is 33.2 Å². The molecule has 2 rings (SSSR count). The molecule has 0 atom stereocenters. The molecule has 0 amide bonds. The Morgan fingerprint density at radius 2 is 2.11 bits per heavy atom. The largest absolute Gasteiger partial charge is 0.368 e. The summed E-state index contributed by atoms with van der Waals surface area (Å²) in [5.41, 5.74) is 7.76. The minimum atomic E-state index is 0.309. The normalized spacial score (nSPS) is 11.0. The van der Waals surface area contributed by atoms with Gasteiger partial charge in [0.1, 0.15) is 11.6 Å². The number of nitrogens with zero attached hydrogens (tertiary/aromatic N) is 4. The number of aromatic amines is 1. The number of hydrogen-bond donors (Lipinski definition) is 2. The molecule has 6 heteroatoms. The lowest BCUT2D eigenvalue weighted by molar-refractivity contribution is 0.798. The Labute approximate surface area is 113 Å². The van der Waals surface area contributed by atoms with Gasteiger partial charge in [-0.25, -0.2) is 9.97 Å². The van der Waals surface area contributed by atoms with Crippen LogP contribution < -0.4 is 10.6 Å². The Kier molecular flexibility index (Phi) is 3.69. The molecule has 3 N–H and O–H groups in total. The van der Waals surface area contributed by atoms with Crippen LogP contribution in [0.4, 0.5) is 11.8 Å². The van der Waals surface area contributed by atoms with Gasteiger partial charge in [-0.1, -0.05) is 13.8 Å². The lowest BCUT2D eigenvalue weighted by Crippen LogP contribution is -2.20. The van der Waals surface area contributed by atoms with E-state index in [1.165, 1.54) is 0 Å². The SMILES string of the molecule is Cc1cnc(CN(C)c2cc(C(C)C)nc(N)n2)[nH]1. The first-order valence-corrected chi connectivity index (χ1v) is 6.31. The zero-order chi connectivity index (χ0) is 14.0. The quantitative estimate of drug-likeness (QED) is 0.876. The van der Waals surface area contributed by atoms with Crippen LogP contribution in [0, 0.1) is 6.92 Å². The van der Waals surface area contributed by atoms with Crippen molar-refractivity contribution in [3.63, 3.8) is 0 Å². The van der Waals surface area contributed by atoms with Gasteiger partial charge in [0, 0.05) is 25.0 Å². The number of nitrogens with two attached hydrogens (primary N) is 1. The van der Waals surface area contributed by atoms with Crippen LogP contribution in [-0.4, -0.2) is 27.0 Å². The summed E-state index contributed by atoms with van der Waals surface area (Å²) < 4.78 is 0. The number of aryl methyl sites for hydroxylation is 1. The minimum Gasteiger partial charge on any atom is -0.368 e. The van der Waals surface area contributed by atoms with Gasteiger partial charge in [0.15, 0.2) is 0 Å². The van der Waals surface area contributed by atoms with Crippen LogP contribution in [-0.2, 0) is 6.54 Å². The lowest BCUT2D eigenvalue weighted by atomic mass is 10.1. The number of rotatable bonds is 4. The van der Waals surface area contributed by atoms with Crippen molar-refractivity contribution < 1.29 is 0 Å². The Morgan fingerprint density at radius 1 is 1.37 bits per heavy atom. The van der Waals surface area contributed by atoms with Crippen LogP contribution in [0.5, 0.6) is 0 Å². The maximum absolute atomic E-state index is 5.76. The van der Waals surface area contributed by atoms with Crippen molar-refractivity contribution in [1.29, 1.82) is 0 Å². The third-order valence-corrected chi connectivity index (χ3v) is 2.87. The molecule has 0 saturated heterocycles. The second-order valence-electron chi connectivity index (χ2n) is 5.03. The average molecular weight is 260 g/mol. The first-order valence-electron chi connectivity index (χ1n) is 6.31. The van der Waals surface area contributed by atoms with Gasteiger partial charge >= 0.3 is 0 Å². The van der Waals surface area contributed by atoms with Crippen molar-refractivity contribution in [3.8, 4) is 0 Å². The molecule has 102 valence electrons. The van der Waals surface area contributed by atoms with E-state index in [9.17, 15) is 0 Å². The van der Waals surface area contributed by atoms with E-state index in [2.05, 4.69) is 33.8 Å². The van der Waals surface area contributed by atoms with Crippen molar-refractivity contribution >= 4 is 11.8 Å². The standard InChI is InChI=1S/C13H20N6/c1-8(2)10-5-12(18-13(14)17-10)19(4)7-11-15-6-9(3)16-11/h5-6,8H,7H2,1-4H3,(H,15,16)(H2,14,17,18). The second kappa shape index (κ2) is 5.26. The summed E-state index contributed by atoms with van der Waals surface area (Å²) in [6, 6.07) is 1.97. The number of aromatic nitrogens is 4. The summed E-state index contributed by atoms with van der Waals surface area (Å²) in [5.74, 6) is 2.35. The van der Waals surface area contributed by atoms with Crippen LogP contribution >= 0.6 is 0 Å². The minimum absolute atomic E-state index is 0.309. The predicted octanol–water partition coefficient (Wildman–Crippen LogP) is 1.85. The van der Waals surface area contributed by atoms with E-state index in [0.29, 0.717) is 18.4 Å². The Bertz CT molecular complexity index is 560. The van der Waals surface area contributed by atoms with Gasteiger partial charge in [0.25, 0.3) is 0 Å². The summed E-state index contributed by atoms with van der Waals surface area (Å²) in [5, 5.41) is 0. The first kappa shape index (κ1) is 13.3. The molecule has 19 heavy (non-hydrogen) atoms. The molecular weight excluding hydrogens is 240 g/mol. The topological polar surface area (TPSA) is 83.7 Å².